The Balaban J connectivity index is 2.03. The number of non-ortho nitro benzene ring substituents is 1. The Bertz CT molecular complexity index is 893. The second-order valence-corrected chi connectivity index (χ2v) is 7.79. The van der Waals surface area contributed by atoms with Crippen molar-refractivity contribution in [3.8, 4) is 0 Å². The van der Waals surface area contributed by atoms with E-state index in [1.807, 2.05) is 6.26 Å². The van der Waals surface area contributed by atoms with Gasteiger partial charge in [-0.2, -0.15) is 11.8 Å². The zero-order chi connectivity index (χ0) is 21.4. The van der Waals surface area contributed by atoms with Gasteiger partial charge in [-0.1, -0.05) is 23.2 Å². The lowest BCUT2D eigenvalue weighted by Gasteiger charge is -2.18. The Kier molecular flexibility index (Phi) is 8.75. The summed E-state index contributed by atoms with van der Waals surface area (Å²) in [7, 11) is 0. The van der Waals surface area contributed by atoms with Gasteiger partial charge in [-0.15, -0.1) is 0 Å². The van der Waals surface area contributed by atoms with Crippen molar-refractivity contribution in [3.05, 3.63) is 73.8 Å². The number of carbonyl (C=O) groups excluding carboxylic acids is 2. The summed E-state index contributed by atoms with van der Waals surface area (Å²) in [5.74, 6) is -0.479. The number of nitro benzene ring substituents is 1. The lowest BCUT2D eigenvalue weighted by molar-refractivity contribution is -0.384. The van der Waals surface area contributed by atoms with Gasteiger partial charge < -0.3 is 10.1 Å². The van der Waals surface area contributed by atoms with Crippen molar-refractivity contribution in [2.45, 2.75) is 19.1 Å². The molecule has 10 heteroatoms. The lowest BCUT2D eigenvalue weighted by atomic mass is 10.1. The van der Waals surface area contributed by atoms with Gasteiger partial charge in [-0.25, -0.2) is 4.79 Å². The fourth-order valence-corrected chi connectivity index (χ4v) is 3.33. The van der Waals surface area contributed by atoms with E-state index in [1.54, 1.807) is 0 Å². The topological polar surface area (TPSA) is 98.5 Å². The number of carbonyl (C=O) groups is 2. The van der Waals surface area contributed by atoms with Gasteiger partial charge in [-0.3, -0.25) is 14.9 Å². The predicted molar refractivity (Wildman–Crippen MR) is 114 cm³/mol. The van der Waals surface area contributed by atoms with E-state index < -0.39 is 22.8 Å². The quantitative estimate of drug-likeness (QED) is 0.338. The highest BCUT2D eigenvalue weighted by molar-refractivity contribution is 7.98. The first-order valence-corrected chi connectivity index (χ1v) is 10.6. The third-order valence-electron chi connectivity index (χ3n) is 3.90. The van der Waals surface area contributed by atoms with Crippen LogP contribution in [-0.4, -0.2) is 34.9 Å². The molecule has 1 amide bonds. The molecule has 0 aromatic heterocycles. The van der Waals surface area contributed by atoms with E-state index in [9.17, 15) is 19.7 Å². The number of amides is 1. The van der Waals surface area contributed by atoms with Crippen molar-refractivity contribution in [3.63, 3.8) is 0 Å². The smallest absolute Gasteiger partial charge is 0.329 e. The van der Waals surface area contributed by atoms with Gasteiger partial charge in [0.1, 0.15) is 12.6 Å². The number of nitro groups is 1. The minimum atomic E-state index is -0.861. The van der Waals surface area contributed by atoms with Crippen LogP contribution >= 0.6 is 35.0 Å². The fourth-order valence-electron chi connectivity index (χ4n) is 2.36. The van der Waals surface area contributed by atoms with Gasteiger partial charge in [0.15, 0.2) is 0 Å². The second-order valence-electron chi connectivity index (χ2n) is 5.96. The molecule has 0 aliphatic rings. The van der Waals surface area contributed by atoms with E-state index in [1.165, 1.54) is 54.2 Å². The number of nitrogens with zero attached hydrogens (tertiary/aromatic N) is 1. The third kappa shape index (κ3) is 6.92. The van der Waals surface area contributed by atoms with Crippen molar-refractivity contribution >= 4 is 52.5 Å². The van der Waals surface area contributed by atoms with E-state index in [0.717, 1.165) is 0 Å². The van der Waals surface area contributed by atoms with Crippen LogP contribution in [0.1, 0.15) is 22.3 Å². The molecule has 0 saturated heterocycles. The number of halogens is 2. The first-order valence-electron chi connectivity index (χ1n) is 8.46. The summed E-state index contributed by atoms with van der Waals surface area (Å²) in [5, 5.41) is 13.9. The Hall–Kier alpha value is -2.29. The van der Waals surface area contributed by atoms with Crippen LogP contribution in [0, 0.1) is 10.1 Å². The molecule has 2 rings (SSSR count). The van der Waals surface area contributed by atoms with Crippen molar-refractivity contribution < 1.29 is 19.2 Å². The number of thioether (sulfide) groups is 1. The average molecular weight is 457 g/mol. The zero-order valence-electron chi connectivity index (χ0n) is 15.4. The molecule has 0 aliphatic heterocycles. The Morgan fingerprint density at radius 3 is 2.48 bits per heavy atom. The van der Waals surface area contributed by atoms with Gasteiger partial charge >= 0.3 is 5.97 Å². The van der Waals surface area contributed by atoms with Crippen LogP contribution in [-0.2, 0) is 16.1 Å². The number of hydrogen-bond donors (Lipinski definition) is 1. The maximum absolute atomic E-state index is 12.5. The molecule has 1 unspecified atom stereocenters. The first-order chi connectivity index (χ1) is 13.8. The summed E-state index contributed by atoms with van der Waals surface area (Å²) in [5.41, 5.74) is 0.748. The predicted octanol–water partition coefficient (Wildman–Crippen LogP) is 4.50. The number of ether oxygens (including phenoxy) is 1. The molecule has 0 spiro atoms. The van der Waals surface area contributed by atoms with E-state index in [4.69, 9.17) is 27.9 Å². The molecule has 0 bridgehead atoms. The monoisotopic (exact) mass is 456 g/mol. The van der Waals surface area contributed by atoms with Gasteiger partial charge in [0, 0.05) is 17.2 Å². The van der Waals surface area contributed by atoms with Crippen LogP contribution in [0.4, 0.5) is 5.69 Å². The Morgan fingerprint density at radius 1 is 1.21 bits per heavy atom. The standard InChI is InChI=1S/C19H18Cl2N2O5S/c1-29-9-8-17(22-18(24)15-7-4-13(20)10-16(15)21)19(25)28-11-12-2-5-14(6-3-12)23(26)27/h2-7,10,17H,8-9,11H2,1H3,(H,22,24). The van der Waals surface area contributed by atoms with E-state index in [2.05, 4.69) is 5.32 Å². The normalized spacial score (nSPS) is 11.6. The summed E-state index contributed by atoms with van der Waals surface area (Å²) in [6, 6.07) is 9.28. The maximum atomic E-state index is 12.5. The lowest BCUT2D eigenvalue weighted by Crippen LogP contribution is -2.42. The van der Waals surface area contributed by atoms with E-state index >= 15 is 0 Å². The zero-order valence-corrected chi connectivity index (χ0v) is 17.7. The second kappa shape index (κ2) is 11.0. The van der Waals surface area contributed by atoms with Gasteiger partial charge in [0.2, 0.25) is 0 Å². The highest BCUT2D eigenvalue weighted by atomic mass is 35.5. The average Bonchev–Trinajstić information content (AvgIpc) is 2.69. The summed E-state index contributed by atoms with van der Waals surface area (Å²) >= 11 is 13.4. The van der Waals surface area contributed by atoms with Crippen LogP contribution < -0.4 is 5.32 Å². The Labute approximate surface area is 181 Å². The summed E-state index contributed by atoms with van der Waals surface area (Å²) in [4.78, 5) is 35.2. The van der Waals surface area contributed by atoms with Crippen molar-refractivity contribution in [1.29, 1.82) is 0 Å². The third-order valence-corrected chi connectivity index (χ3v) is 5.10. The van der Waals surface area contributed by atoms with Crippen molar-refractivity contribution in [1.82, 2.24) is 5.32 Å². The SMILES string of the molecule is CSCCC(NC(=O)c1ccc(Cl)cc1Cl)C(=O)OCc1ccc([N+](=O)[O-])cc1. The van der Waals surface area contributed by atoms with Crippen LogP contribution in [0.25, 0.3) is 0 Å². The number of benzene rings is 2. The van der Waals surface area contributed by atoms with Crippen molar-refractivity contribution in [2.75, 3.05) is 12.0 Å². The minimum Gasteiger partial charge on any atom is -0.459 e. The molecule has 0 aliphatic carbocycles. The van der Waals surface area contributed by atoms with Crippen LogP contribution in [0.5, 0.6) is 0 Å². The van der Waals surface area contributed by atoms with Crippen LogP contribution in [0.15, 0.2) is 42.5 Å². The van der Waals surface area contributed by atoms with Gasteiger partial charge in [0.25, 0.3) is 11.6 Å². The molecule has 7 nitrogen and oxygen atoms in total. The number of hydrogen-bond acceptors (Lipinski definition) is 6. The molecule has 1 N–H and O–H groups in total. The highest BCUT2D eigenvalue weighted by Gasteiger charge is 2.24. The highest BCUT2D eigenvalue weighted by Crippen LogP contribution is 2.21. The van der Waals surface area contributed by atoms with Gasteiger partial charge in [0.05, 0.1) is 15.5 Å². The fraction of sp³-hybridized carbons (Fsp3) is 0.263. The van der Waals surface area contributed by atoms with Gasteiger partial charge in [-0.05, 0) is 54.3 Å². The van der Waals surface area contributed by atoms with Crippen molar-refractivity contribution in [2.24, 2.45) is 0 Å². The summed E-state index contributed by atoms with van der Waals surface area (Å²) in [6.07, 6.45) is 2.26. The number of nitrogens with one attached hydrogen (secondary N) is 1. The van der Waals surface area contributed by atoms with Crippen LogP contribution in [0.2, 0.25) is 10.0 Å². The molecule has 29 heavy (non-hydrogen) atoms. The summed E-state index contributed by atoms with van der Waals surface area (Å²) in [6.45, 7) is -0.0653. The molecule has 0 heterocycles. The largest absolute Gasteiger partial charge is 0.459 e. The Morgan fingerprint density at radius 2 is 1.90 bits per heavy atom. The molecule has 2 aromatic carbocycles. The molecule has 0 fully saturated rings. The molecule has 1 atom stereocenters. The molecular formula is C19H18Cl2N2O5S. The summed E-state index contributed by atoms with van der Waals surface area (Å²) < 4.78 is 5.29. The molecule has 2 aromatic rings. The van der Waals surface area contributed by atoms with Crippen LogP contribution in [0.3, 0.4) is 0 Å². The number of rotatable bonds is 9. The molecule has 154 valence electrons. The van der Waals surface area contributed by atoms with E-state index in [-0.39, 0.29) is 22.9 Å². The maximum Gasteiger partial charge on any atom is 0.329 e. The minimum absolute atomic E-state index is 0.0509. The molecular weight excluding hydrogens is 439 g/mol. The van der Waals surface area contributed by atoms with E-state index in [0.29, 0.717) is 22.8 Å². The first kappa shape index (κ1) is 23.0. The number of esters is 1. The molecule has 0 saturated carbocycles. The molecule has 0 radical (unpaired) electrons.